The molecule has 0 aromatic heterocycles. The van der Waals surface area contributed by atoms with Crippen molar-refractivity contribution in [3.63, 3.8) is 0 Å². The Morgan fingerprint density at radius 1 is 0.400 bits per heavy atom. The number of hydrogen-bond acceptors (Lipinski definition) is 0. The summed E-state index contributed by atoms with van der Waals surface area (Å²) in [4.78, 5) is 0. The third-order valence-corrected chi connectivity index (χ3v) is 6.64. The zero-order valence-corrected chi connectivity index (χ0v) is 31.5. The second kappa shape index (κ2) is 11.2. The van der Waals surface area contributed by atoms with E-state index in [9.17, 15) is 0 Å². The van der Waals surface area contributed by atoms with Gasteiger partial charge in [0.2, 0.25) is 0 Å². The van der Waals surface area contributed by atoms with Crippen LogP contribution in [0.2, 0.25) is 0 Å². The summed E-state index contributed by atoms with van der Waals surface area (Å²) in [5.74, 6) is 0. The van der Waals surface area contributed by atoms with Crippen molar-refractivity contribution in [1.82, 2.24) is 0 Å². The normalized spacial score (nSPS) is 13.8. The van der Waals surface area contributed by atoms with Crippen molar-refractivity contribution in [3.05, 3.63) is 57.6 Å². The van der Waals surface area contributed by atoms with Crippen LogP contribution < -0.4 is 0 Å². The molecule has 0 N–H and O–H groups in total. The van der Waals surface area contributed by atoms with Gasteiger partial charge in [-0.2, -0.15) is 34.4 Å². The van der Waals surface area contributed by atoms with E-state index in [-0.39, 0.29) is 81.4 Å². The predicted octanol–water partition coefficient (Wildman–Crippen LogP) is 10.2. The van der Waals surface area contributed by atoms with Gasteiger partial charge < -0.3 is 0 Å². The first-order chi connectivity index (χ1) is 14.7. The van der Waals surface area contributed by atoms with Crippen LogP contribution in [0.4, 0.5) is 0 Å². The summed E-state index contributed by atoms with van der Waals surface area (Å²) >= 11 is 0. The average molecular weight is 604 g/mol. The Balaban J connectivity index is 0.000000642. The average Bonchev–Trinajstić information content (AvgIpc) is 3.17. The molecule has 0 saturated heterocycles. The van der Waals surface area contributed by atoms with Gasteiger partial charge in [-0.3, -0.25) is 0 Å². The van der Waals surface area contributed by atoms with Crippen LogP contribution in [0.5, 0.6) is 0 Å². The minimum atomic E-state index is 0. The van der Waals surface area contributed by atoms with E-state index in [1.165, 1.54) is 22.3 Å². The van der Waals surface area contributed by atoms with Crippen LogP contribution in [0.25, 0.3) is 0 Å². The van der Waals surface area contributed by atoms with E-state index >= 15 is 0 Å². The van der Waals surface area contributed by atoms with Gasteiger partial charge >= 0.3 is 48.9 Å². The van der Waals surface area contributed by atoms with Crippen molar-refractivity contribution in [2.24, 2.45) is 0 Å². The largest absolute Gasteiger partial charge is 2.00 e. The maximum Gasteiger partial charge on any atom is 2.00 e. The molecular formula is C34H58Ba. The van der Waals surface area contributed by atoms with Gasteiger partial charge in [-0.05, 0) is 10.8 Å². The Morgan fingerprint density at radius 2 is 0.629 bits per heavy atom. The van der Waals surface area contributed by atoms with Gasteiger partial charge in [-0.1, -0.05) is 146 Å². The first-order valence-electron chi connectivity index (χ1n) is 13.3. The topological polar surface area (TPSA) is 0 Å². The summed E-state index contributed by atoms with van der Waals surface area (Å²) in [5, 5.41) is 0. The van der Waals surface area contributed by atoms with Crippen LogP contribution in [0, 0.1) is 0 Å². The van der Waals surface area contributed by atoms with E-state index in [1.54, 1.807) is 11.1 Å². The second-order valence-electron chi connectivity index (χ2n) is 16.6. The Morgan fingerprint density at radius 3 is 0.771 bits per heavy atom. The van der Waals surface area contributed by atoms with Crippen molar-refractivity contribution in [3.8, 4) is 0 Å². The zero-order valence-electron chi connectivity index (χ0n) is 27.0. The quantitative estimate of drug-likeness (QED) is 0.208. The predicted molar refractivity (Wildman–Crippen MR) is 162 cm³/mol. The molecule has 0 atom stereocenters. The van der Waals surface area contributed by atoms with Crippen LogP contribution in [0.3, 0.4) is 0 Å². The van der Waals surface area contributed by atoms with Crippen LogP contribution >= 0.6 is 0 Å². The van der Waals surface area contributed by atoms with E-state index in [1.807, 2.05) is 0 Å². The fraction of sp³-hybridized carbons (Fsp3) is 0.706. The molecule has 0 heterocycles. The summed E-state index contributed by atoms with van der Waals surface area (Å²) in [6, 6.07) is 9.34. The van der Waals surface area contributed by atoms with E-state index in [0.29, 0.717) is 0 Å². The fourth-order valence-corrected chi connectivity index (χ4v) is 5.07. The molecule has 0 unspecified atom stereocenters. The van der Waals surface area contributed by atoms with E-state index in [0.717, 1.165) is 0 Å². The van der Waals surface area contributed by atoms with Gasteiger partial charge in [0.1, 0.15) is 0 Å². The fourth-order valence-electron chi connectivity index (χ4n) is 5.07. The smallest absolute Gasteiger partial charge is 0.209 e. The molecule has 2 aromatic rings. The van der Waals surface area contributed by atoms with Crippen LogP contribution in [0.15, 0.2) is 24.3 Å². The monoisotopic (exact) mass is 604 g/mol. The summed E-state index contributed by atoms with van der Waals surface area (Å²) in [5.41, 5.74) is 10.5. The molecule has 0 nitrogen and oxygen atoms in total. The molecule has 1 heteroatoms. The van der Waals surface area contributed by atoms with Crippen molar-refractivity contribution in [1.29, 1.82) is 0 Å². The van der Waals surface area contributed by atoms with E-state index < -0.39 is 0 Å². The molecule has 2 rings (SSSR count). The van der Waals surface area contributed by atoms with Gasteiger partial charge in [0, 0.05) is 0 Å². The molecule has 0 aliphatic heterocycles. The number of hydrogen-bond donors (Lipinski definition) is 0. The summed E-state index contributed by atoms with van der Waals surface area (Å²) < 4.78 is 0. The minimum Gasteiger partial charge on any atom is -0.209 e. The molecule has 0 bridgehead atoms. The van der Waals surface area contributed by atoms with Gasteiger partial charge in [0.25, 0.3) is 0 Å². The molecule has 35 heavy (non-hydrogen) atoms. The van der Waals surface area contributed by atoms with Crippen LogP contribution in [0.1, 0.15) is 158 Å². The maximum atomic E-state index is 2.33. The Labute approximate surface area is 261 Å². The molecule has 0 amide bonds. The zero-order chi connectivity index (χ0) is 27.3. The van der Waals surface area contributed by atoms with Crippen LogP contribution in [-0.4, -0.2) is 48.9 Å². The molecule has 0 aliphatic rings. The summed E-state index contributed by atoms with van der Waals surface area (Å²) in [6.45, 7) is 41.7. The number of rotatable bonds is 0. The van der Waals surface area contributed by atoms with Crippen molar-refractivity contribution >= 4 is 48.9 Å². The Hall–Kier alpha value is 0.271. The third-order valence-electron chi connectivity index (χ3n) is 6.64. The van der Waals surface area contributed by atoms with Gasteiger partial charge in [-0.15, -0.1) is 11.1 Å². The molecule has 0 aliphatic carbocycles. The van der Waals surface area contributed by atoms with Crippen molar-refractivity contribution in [2.45, 2.75) is 157 Å². The summed E-state index contributed by atoms with van der Waals surface area (Å²) in [7, 11) is 0. The Bertz CT molecular complexity index is 790. The molecule has 0 spiro atoms. The van der Waals surface area contributed by atoms with Crippen LogP contribution in [-0.2, 0) is 32.5 Å². The first kappa shape index (κ1) is 35.3. The standard InChI is InChI=1S/2C17H29.Ba/c2*1-15(2,3)12-10-11-13(16(4,5)6)14(12)17(7,8)9;/h2*10-11H,1-9H3;/q2*-1;+2. The van der Waals surface area contributed by atoms with Gasteiger partial charge in [-0.25, -0.2) is 12.1 Å². The molecule has 0 saturated carbocycles. The van der Waals surface area contributed by atoms with E-state index in [4.69, 9.17) is 0 Å². The van der Waals surface area contributed by atoms with Gasteiger partial charge in [0.15, 0.2) is 0 Å². The molecule has 2 aromatic carbocycles. The summed E-state index contributed by atoms with van der Waals surface area (Å²) in [6.07, 6.45) is 0. The second-order valence-corrected chi connectivity index (χ2v) is 16.6. The SMILES string of the molecule is CC(C)(C)c1cc[c-](C(C)(C)C)c1C(C)(C)C.CC(C)(C)c1cc[c-](C(C)(C)C)c1C(C)(C)C.[Ba+2]. The van der Waals surface area contributed by atoms with Gasteiger partial charge in [0.05, 0.1) is 0 Å². The maximum absolute atomic E-state index is 2.33. The Kier molecular flexibility index (Phi) is 11.3. The molecule has 196 valence electrons. The molecular weight excluding hydrogens is 546 g/mol. The minimum absolute atomic E-state index is 0. The van der Waals surface area contributed by atoms with E-state index in [2.05, 4.69) is 149 Å². The molecule has 0 radical (unpaired) electrons. The van der Waals surface area contributed by atoms with Crippen molar-refractivity contribution < 1.29 is 0 Å². The molecule has 0 fully saturated rings. The third kappa shape index (κ3) is 9.20. The van der Waals surface area contributed by atoms with Crippen molar-refractivity contribution in [2.75, 3.05) is 0 Å². The first-order valence-corrected chi connectivity index (χ1v) is 13.3.